The molecule has 21 heavy (non-hydrogen) atoms. The van der Waals surface area contributed by atoms with Gasteiger partial charge in [-0.1, -0.05) is 23.8 Å². The molecule has 0 aliphatic rings. The third-order valence-electron chi connectivity index (χ3n) is 4.26. The molecule has 0 amide bonds. The fraction of sp³-hybridized carbons (Fsp3) is 0.333. The summed E-state index contributed by atoms with van der Waals surface area (Å²) in [6.07, 6.45) is 0. The summed E-state index contributed by atoms with van der Waals surface area (Å²) >= 11 is 0. The minimum Gasteiger partial charge on any atom is -0.345 e. The lowest BCUT2D eigenvalue weighted by Crippen LogP contribution is -1.96. The molecule has 0 atom stereocenters. The van der Waals surface area contributed by atoms with Gasteiger partial charge in [0.05, 0.1) is 11.4 Å². The van der Waals surface area contributed by atoms with Crippen molar-refractivity contribution in [2.75, 3.05) is 0 Å². The van der Waals surface area contributed by atoms with Crippen LogP contribution < -0.4 is 0 Å². The van der Waals surface area contributed by atoms with Crippen molar-refractivity contribution in [1.82, 2.24) is 14.5 Å². The zero-order valence-corrected chi connectivity index (χ0v) is 13.6. The minimum absolute atomic E-state index is 0.830. The van der Waals surface area contributed by atoms with Crippen LogP contribution >= 0.6 is 0 Å². The monoisotopic (exact) mass is 279 g/mol. The molecular weight excluding hydrogens is 258 g/mol. The first kappa shape index (κ1) is 13.8. The van der Waals surface area contributed by atoms with Crippen LogP contribution in [-0.4, -0.2) is 14.5 Å². The minimum atomic E-state index is 0.830. The summed E-state index contributed by atoms with van der Waals surface area (Å²) in [6, 6.07) is 6.59. The maximum Gasteiger partial charge on any atom is 0.126 e. The van der Waals surface area contributed by atoms with Crippen molar-refractivity contribution in [1.29, 1.82) is 0 Å². The van der Waals surface area contributed by atoms with E-state index in [0.717, 1.165) is 17.0 Å². The molecule has 0 radical (unpaired) electrons. The highest BCUT2D eigenvalue weighted by molar-refractivity contribution is 5.97. The van der Waals surface area contributed by atoms with E-state index in [1.165, 1.54) is 33.5 Å². The average Bonchev–Trinajstić information content (AvgIpc) is 2.63. The fourth-order valence-corrected chi connectivity index (χ4v) is 3.20. The highest BCUT2D eigenvalue weighted by Crippen LogP contribution is 2.34. The summed E-state index contributed by atoms with van der Waals surface area (Å²) < 4.78 is 2.24. The quantitative estimate of drug-likeness (QED) is 0.669. The molecular formula is C18H21N3. The summed E-state index contributed by atoms with van der Waals surface area (Å²) in [5.41, 5.74) is 8.35. The molecule has 3 aromatic rings. The predicted molar refractivity (Wildman–Crippen MR) is 87.6 cm³/mol. The predicted octanol–water partition coefficient (Wildman–Crippen LogP) is 4.18. The zero-order valence-electron chi connectivity index (χ0n) is 13.6. The SMILES string of the molecule is Cc1ccc(-c2c3nc(C)nc(C)c3c(C)n2C)c(C)c1. The van der Waals surface area contributed by atoms with Crippen LogP contribution in [0.1, 0.15) is 28.3 Å². The van der Waals surface area contributed by atoms with E-state index in [9.17, 15) is 0 Å². The second-order valence-corrected chi connectivity index (χ2v) is 5.89. The number of hydrogen-bond donors (Lipinski definition) is 0. The Hall–Kier alpha value is -2.16. The molecule has 0 spiro atoms. The van der Waals surface area contributed by atoms with Crippen LogP contribution in [-0.2, 0) is 7.05 Å². The second-order valence-electron chi connectivity index (χ2n) is 5.89. The largest absolute Gasteiger partial charge is 0.345 e. The Morgan fingerprint density at radius 2 is 1.67 bits per heavy atom. The Bertz CT molecular complexity index is 857. The summed E-state index contributed by atoms with van der Waals surface area (Å²) in [4.78, 5) is 9.25. The molecule has 3 nitrogen and oxygen atoms in total. The van der Waals surface area contributed by atoms with Crippen LogP contribution in [0.15, 0.2) is 18.2 Å². The number of aryl methyl sites for hydroxylation is 5. The molecule has 0 N–H and O–H groups in total. The Kier molecular flexibility index (Phi) is 3.08. The van der Waals surface area contributed by atoms with E-state index in [-0.39, 0.29) is 0 Å². The number of benzene rings is 1. The van der Waals surface area contributed by atoms with Crippen LogP contribution in [0.25, 0.3) is 22.2 Å². The molecule has 0 aliphatic carbocycles. The van der Waals surface area contributed by atoms with Gasteiger partial charge in [0.25, 0.3) is 0 Å². The van der Waals surface area contributed by atoms with Gasteiger partial charge in [-0.25, -0.2) is 9.97 Å². The topological polar surface area (TPSA) is 30.7 Å². The van der Waals surface area contributed by atoms with E-state index < -0.39 is 0 Å². The Labute approximate surface area is 125 Å². The van der Waals surface area contributed by atoms with Crippen molar-refractivity contribution in [3.63, 3.8) is 0 Å². The highest BCUT2D eigenvalue weighted by Gasteiger charge is 2.18. The second kappa shape index (κ2) is 4.69. The Morgan fingerprint density at radius 3 is 2.33 bits per heavy atom. The van der Waals surface area contributed by atoms with E-state index in [1.807, 2.05) is 6.92 Å². The molecule has 3 heteroatoms. The highest BCUT2D eigenvalue weighted by atomic mass is 15.0. The number of rotatable bonds is 1. The van der Waals surface area contributed by atoms with Gasteiger partial charge in [-0.15, -0.1) is 0 Å². The first-order chi connectivity index (χ1) is 9.90. The van der Waals surface area contributed by atoms with Crippen molar-refractivity contribution in [3.8, 4) is 11.3 Å². The van der Waals surface area contributed by atoms with E-state index in [4.69, 9.17) is 4.98 Å². The van der Waals surface area contributed by atoms with Gasteiger partial charge < -0.3 is 4.57 Å². The lowest BCUT2D eigenvalue weighted by atomic mass is 10.0. The van der Waals surface area contributed by atoms with Crippen LogP contribution in [0.4, 0.5) is 0 Å². The Morgan fingerprint density at radius 1 is 0.952 bits per heavy atom. The van der Waals surface area contributed by atoms with E-state index in [1.54, 1.807) is 0 Å². The summed E-state index contributed by atoms with van der Waals surface area (Å²) in [6.45, 7) is 10.5. The van der Waals surface area contributed by atoms with Crippen LogP contribution in [0, 0.1) is 34.6 Å². The van der Waals surface area contributed by atoms with Gasteiger partial charge in [-0.05, 0) is 40.2 Å². The molecule has 0 bridgehead atoms. The average molecular weight is 279 g/mol. The molecule has 1 aromatic carbocycles. The third-order valence-corrected chi connectivity index (χ3v) is 4.26. The number of nitrogens with zero attached hydrogens (tertiary/aromatic N) is 3. The normalized spacial score (nSPS) is 11.3. The van der Waals surface area contributed by atoms with Gasteiger partial charge in [0, 0.05) is 23.7 Å². The van der Waals surface area contributed by atoms with Gasteiger partial charge in [0.1, 0.15) is 11.3 Å². The molecule has 108 valence electrons. The molecule has 2 heterocycles. The molecule has 3 rings (SSSR count). The van der Waals surface area contributed by atoms with Crippen molar-refractivity contribution in [2.24, 2.45) is 7.05 Å². The Balaban J connectivity index is 2.45. The van der Waals surface area contributed by atoms with Crippen molar-refractivity contribution >= 4 is 10.9 Å². The lowest BCUT2D eigenvalue weighted by molar-refractivity contribution is 0.895. The maximum atomic E-state index is 4.73. The van der Waals surface area contributed by atoms with Gasteiger partial charge in [0.2, 0.25) is 0 Å². The summed E-state index contributed by atoms with van der Waals surface area (Å²) in [5, 5.41) is 1.18. The molecule has 0 unspecified atom stereocenters. The first-order valence-electron chi connectivity index (χ1n) is 7.28. The zero-order chi connectivity index (χ0) is 15.3. The molecule has 0 saturated heterocycles. The standard InChI is InChI=1S/C18H21N3/c1-10-7-8-15(11(2)9-10)18-17-16(13(4)21(18)6)12(3)19-14(5)20-17/h7-9H,1-6H3. The number of aromatic nitrogens is 3. The van der Waals surface area contributed by atoms with Crippen molar-refractivity contribution in [2.45, 2.75) is 34.6 Å². The summed E-state index contributed by atoms with van der Waals surface area (Å²) in [5.74, 6) is 0.830. The fourth-order valence-electron chi connectivity index (χ4n) is 3.20. The van der Waals surface area contributed by atoms with Gasteiger partial charge in [-0.2, -0.15) is 0 Å². The smallest absolute Gasteiger partial charge is 0.126 e. The third kappa shape index (κ3) is 2.04. The first-order valence-corrected chi connectivity index (χ1v) is 7.28. The van der Waals surface area contributed by atoms with Crippen molar-refractivity contribution < 1.29 is 0 Å². The van der Waals surface area contributed by atoms with Crippen LogP contribution in [0.5, 0.6) is 0 Å². The maximum absolute atomic E-state index is 4.73. The van der Waals surface area contributed by atoms with E-state index >= 15 is 0 Å². The number of fused-ring (bicyclic) bond motifs is 1. The van der Waals surface area contributed by atoms with Gasteiger partial charge in [0.15, 0.2) is 0 Å². The van der Waals surface area contributed by atoms with Gasteiger partial charge >= 0.3 is 0 Å². The molecule has 0 fully saturated rings. The molecule has 0 aliphatic heterocycles. The molecule has 2 aromatic heterocycles. The molecule has 0 saturated carbocycles. The summed E-state index contributed by atoms with van der Waals surface area (Å²) in [7, 11) is 2.11. The lowest BCUT2D eigenvalue weighted by Gasteiger charge is -2.09. The van der Waals surface area contributed by atoms with E-state index in [2.05, 4.69) is 62.5 Å². The van der Waals surface area contributed by atoms with Crippen LogP contribution in [0.2, 0.25) is 0 Å². The van der Waals surface area contributed by atoms with Crippen LogP contribution in [0.3, 0.4) is 0 Å². The number of hydrogen-bond acceptors (Lipinski definition) is 2. The van der Waals surface area contributed by atoms with E-state index in [0.29, 0.717) is 0 Å². The van der Waals surface area contributed by atoms with Gasteiger partial charge in [-0.3, -0.25) is 0 Å². The van der Waals surface area contributed by atoms with Crippen molar-refractivity contribution in [3.05, 3.63) is 46.5 Å².